The van der Waals surface area contributed by atoms with Crippen molar-refractivity contribution in [2.24, 2.45) is 0 Å². The monoisotopic (exact) mass is 799 g/mol. The van der Waals surface area contributed by atoms with Gasteiger partial charge < -0.3 is 4.57 Å². The average Bonchev–Trinajstić information content (AvgIpc) is 3.83. The molecule has 12 rings (SSSR count). The molecule has 5 nitrogen and oxygen atoms in total. The number of hydrogen-bond acceptors (Lipinski definition) is 3. The summed E-state index contributed by atoms with van der Waals surface area (Å²) in [6.45, 7) is 9.62. The summed E-state index contributed by atoms with van der Waals surface area (Å²) in [4.78, 5) is 15.9. The Bertz CT molecular complexity index is 3590. The molecule has 0 amide bonds. The third kappa shape index (κ3) is 5.58. The maximum absolute atomic E-state index is 5.40. The summed E-state index contributed by atoms with van der Waals surface area (Å²) < 4.78 is 4.78. The van der Waals surface area contributed by atoms with E-state index < -0.39 is 0 Å². The molecule has 0 saturated heterocycles. The fraction of sp³-hybridized carbons (Fsp3) is 0.140. The first-order valence-corrected chi connectivity index (χ1v) is 21.7. The van der Waals surface area contributed by atoms with Crippen LogP contribution in [0.15, 0.2) is 176 Å². The third-order valence-electron chi connectivity index (χ3n) is 13.6. The van der Waals surface area contributed by atoms with Crippen LogP contribution in [0.1, 0.15) is 51.7 Å². The van der Waals surface area contributed by atoms with Crippen LogP contribution in [-0.2, 0) is 10.8 Å². The smallest absolute Gasteiger partial charge is 0.238 e. The molecule has 8 aromatic carbocycles. The van der Waals surface area contributed by atoms with Gasteiger partial charge in [0.2, 0.25) is 5.95 Å². The van der Waals surface area contributed by atoms with Crippen LogP contribution in [0, 0.1) is 0 Å². The molecule has 0 N–H and O–H groups in total. The number of benzene rings is 8. The van der Waals surface area contributed by atoms with Gasteiger partial charge in [-0.15, -0.1) is 0 Å². The summed E-state index contributed by atoms with van der Waals surface area (Å²) in [7, 11) is 0. The quantitative estimate of drug-likeness (QED) is 0.174. The predicted octanol–water partition coefficient (Wildman–Crippen LogP) is 14.6. The van der Waals surface area contributed by atoms with Gasteiger partial charge in [0.15, 0.2) is 11.6 Å². The van der Waals surface area contributed by atoms with Crippen LogP contribution >= 0.6 is 0 Å². The Hall–Kier alpha value is -7.37. The zero-order chi connectivity index (χ0) is 41.7. The zero-order valence-corrected chi connectivity index (χ0v) is 35.4. The van der Waals surface area contributed by atoms with E-state index in [1.165, 1.54) is 51.3 Å². The molecule has 0 bridgehead atoms. The van der Waals surface area contributed by atoms with Gasteiger partial charge in [-0.05, 0) is 75.4 Å². The minimum atomic E-state index is 0.0879. The second kappa shape index (κ2) is 13.6. The van der Waals surface area contributed by atoms with Crippen LogP contribution in [-0.4, -0.2) is 24.1 Å². The Morgan fingerprint density at radius 2 is 0.968 bits per heavy atom. The maximum atomic E-state index is 5.40. The number of nitrogens with zero attached hydrogens (tertiary/aromatic N) is 5. The predicted molar refractivity (Wildman–Crippen MR) is 258 cm³/mol. The highest BCUT2D eigenvalue weighted by atomic mass is 15.2. The molecule has 0 radical (unpaired) electrons. The SMILES string of the molecule is CC1(C)CCC(C)(C)c2cc(-c3ccccc3-n3c4ccccc4c4ccc5c6ccccc6n(-c6nc(-c7ccccc7)nc(-c7ccc8ccccc8c7)n6)c5c43)ccc21. The Morgan fingerprint density at radius 1 is 0.403 bits per heavy atom. The van der Waals surface area contributed by atoms with Crippen molar-refractivity contribution < 1.29 is 0 Å². The molecule has 3 heterocycles. The van der Waals surface area contributed by atoms with Gasteiger partial charge >= 0.3 is 0 Å². The molecule has 5 heteroatoms. The van der Waals surface area contributed by atoms with Crippen LogP contribution in [0.25, 0.3) is 99.9 Å². The van der Waals surface area contributed by atoms with E-state index in [0.717, 1.165) is 55.0 Å². The van der Waals surface area contributed by atoms with E-state index in [1.807, 2.05) is 18.2 Å². The minimum Gasteiger partial charge on any atom is -0.307 e. The van der Waals surface area contributed by atoms with E-state index in [4.69, 9.17) is 15.0 Å². The van der Waals surface area contributed by atoms with E-state index in [0.29, 0.717) is 17.6 Å². The van der Waals surface area contributed by atoms with Crippen molar-refractivity contribution in [3.63, 3.8) is 0 Å². The molecule has 1 aliphatic rings. The first kappa shape index (κ1) is 36.5. The molecule has 0 saturated carbocycles. The highest BCUT2D eigenvalue weighted by Gasteiger charge is 2.37. The van der Waals surface area contributed by atoms with Crippen molar-refractivity contribution in [3.05, 3.63) is 187 Å². The second-order valence-corrected chi connectivity index (χ2v) is 18.3. The van der Waals surface area contributed by atoms with Gasteiger partial charge in [0.1, 0.15) is 0 Å². The van der Waals surface area contributed by atoms with Crippen LogP contribution in [0.4, 0.5) is 0 Å². The van der Waals surface area contributed by atoms with Gasteiger partial charge in [-0.3, -0.25) is 4.57 Å². The first-order valence-electron chi connectivity index (χ1n) is 21.7. The largest absolute Gasteiger partial charge is 0.307 e. The molecule has 3 aromatic heterocycles. The molecule has 0 fully saturated rings. The van der Waals surface area contributed by atoms with E-state index in [-0.39, 0.29) is 10.8 Å². The van der Waals surface area contributed by atoms with E-state index in [9.17, 15) is 0 Å². The number of aromatic nitrogens is 5. The number of fused-ring (bicyclic) bond motifs is 9. The molecule has 0 spiro atoms. The fourth-order valence-corrected chi connectivity index (χ4v) is 10.3. The van der Waals surface area contributed by atoms with Crippen molar-refractivity contribution in [2.75, 3.05) is 0 Å². The molecule has 0 aliphatic heterocycles. The summed E-state index contributed by atoms with van der Waals surface area (Å²) in [6, 6.07) is 63.4. The summed E-state index contributed by atoms with van der Waals surface area (Å²) in [5.74, 6) is 1.83. The van der Waals surface area contributed by atoms with Gasteiger partial charge in [-0.25, -0.2) is 4.98 Å². The summed E-state index contributed by atoms with van der Waals surface area (Å²) in [5, 5.41) is 6.97. The summed E-state index contributed by atoms with van der Waals surface area (Å²) in [6.07, 6.45) is 2.35. The van der Waals surface area contributed by atoms with Crippen molar-refractivity contribution >= 4 is 54.4 Å². The number of rotatable bonds is 5. The lowest BCUT2D eigenvalue weighted by molar-refractivity contribution is 0.332. The lowest BCUT2D eigenvalue weighted by atomic mass is 9.63. The van der Waals surface area contributed by atoms with Crippen LogP contribution in [0.2, 0.25) is 0 Å². The van der Waals surface area contributed by atoms with E-state index >= 15 is 0 Å². The van der Waals surface area contributed by atoms with Crippen molar-refractivity contribution in [3.8, 4) is 45.5 Å². The second-order valence-electron chi connectivity index (χ2n) is 18.3. The topological polar surface area (TPSA) is 48.5 Å². The number of hydrogen-bond donors (Lipinski definition) is 0. The first-order chi connectivity index (χ1) is 30.2. The average molecular weight is 800 g/mol. The zero-order valence-electron chi connectivity index (χ0n) is 35.4. The Morgan fingerprint density at radius 3 is 1.71 bits per heavy atom. The molecular weight excluding hydrogens is 755 g/mol. The van der Waals surface area contributed by atoms with Crippen molar-refractivity contribution in [1.82, 2.24) is 24.1 Å². The van der Waals surface area contributed by atoms with Crippen molar-refractivity contribution in [2.45, 2.75) is 51.4 Å². The standard InChI is InChI=1S/C57H45N5/c1-56(2)32-33-57(3,4)47-35-39(28-31-46(47)56)41-20-10-13-23-48(41)61-49-24-14-11-21-42(49)44-29-30-45-43-22-12-15-25-50(43)62(52(45)51(44)61)55-59-53(37-17-6-5-7-18-37)58-54(60-55)40-27-26-36-16-8-9-19-38(36)34-40/h5-31,34-35H,32-33H2,1-4H3. The van der Waals surface area contributed by atoms with E-state index in [2.05, 4.69) is 195 Å². The van der Waals surface area contributed by atoms with Gasteiger partial charge in [0.25, 0.3) is 0 Å². The van der Waals surface area contributed by atoms with Gasteiger partial charge in [-0.1, -0.05) is 179 Å². The van der Waals surface area contributed by atoms with E-state index in [1.54, 1.807) is 0 Å². The highest BCUT2D eigenvalue weighted by molar-refractivity contribution is 6.24. The number of para-hydroxylation sites is 3. The summed E-state index contributed by atoms with van der Waals surface area (Å²) >= 11 is 0. The molecule has 0 atom stereocenters. The Labute approximate surface area is 361 Å². The molecule has 0 unspecified atom stereocenters. The Balaban J connectivity index is 1.18. The molecular formula is C57H45N5. The highest BCUT2D eigenvalue weighted by Crippen LogP contribution is 2.48. The molecule has 11 aromatic rings. The lowest BCUT2D eigenvalue weighted by Gasteiger charge is -2.42. The van der Waals surface area contributed by atoms with Crippen LogP contribution in [0.3, 0.4) is 0 Å². The fourth-order valence-electron chi connectivity index (χ4n) is 10.3. The maximum Gasteiger partial charge on any atom is 0.238 e. The molecule has 298 valence electrons. The third-order valence-corrected chi connectivity index (χ3v) is 13.6. The van der Waals surface area contributed by atoms with Gasteiger partial charge in [0.05, 0.1) is 27.8 Å². The van der Waals surface area contributed by atoms with Crippen LogP contribution in [0.5, 0.6) is 0 Å². The lowest BCUT2D eigenvalue weighted by Crippen LogP contribution is -2.33. The Kier molecular flexibility index (Phi) is 7.98. The normalized spacial score (nSPS) is 14.6. The molecule has 1 aliphatic carbocycles. The van der Waals surface area contributed by atoms with Gasteiger partial charge in [0, 0.05) is 38.2 Å². The van der Waals surface area contributed by atoms with Crippen molar-refractivity contribution in [1.29, 1.82) is 0 Å². The minimum absolute atomic E-state index is 0.0879. The van der Waals surface area contributed by atoms with Crippen LogP contribution < -0.4 is 0 Å². The molecule has 62 heavy (non-hydrogen) atoms. The summed E-state index contributed by atoms with van der Waals surface area (Å²) in [5.41, 5.74) is 12.9. The van der Waals surface area contributed by atoms with Gasteiger partial charge in [-0.2, -0.15) is 9.97 Å².